The van der Waals surface area contributed by atoms with E-state index in [9.17, 15) is 18.5 Å². The van der Waals surface area contributed by atoms with Crippen molar-refractivity contribution >= 4 is 37.1 Å². The summed E-state index contributed by atoms with van der Waals surface area (Å²) in [6, 6.07) is 11.3. The lowest BCUT2D eigenvalue weighted by Crippen LogP contribution is -2.12. The number of halogens is 1. The van der Waals surface area contributed by atoms with Crippen molar-refractivity contribution in [2.24, 2.45) is 0 Å². The molecule has 0 aliphatic heterocycles. The topological polar surface area (TPSA) is 98.5 Å². The van der Waals surface area contributed by atoms with Gasteiger partial charge in [0.25, 0.3) is 5.69 Å². The number of hydrogen-bond donors (Lipinski definition) is 1. The number of sulfone groups is 1. The van der Waals surface area contributed by atoms with E-state index < -0.39 is 20.4 Å². The Balaban J connectivity index is 2.01. The van der Waals surface area contributed by atoms with E-state index in [4.69, 9.17) is 4.74 Å². The Morgan fingerprint density at radius 1 is 1.25 bits per heavy atom. The minimum absolute atomic E-state index is 0.314. The molecule has 7 nitrogen and oxygen atoms in total. The van der Waals surface area contributed by atoms with Gasteiger partial charge in [-0.3, -0.25) is 10.1 Å². The smallest absolute Gasteiger partial charge is 0.288 e. The summed E-state index contributed by atoms with van der Waals surface area (Å²) in [4.78, 5) is 9.90. The minimum atomic E-state index is -3.70. The third-order valence-electron chi connectivity index (χ3n) is 3.05. The SMILES string of the molecule is CS(=O)(=O)c1cc(NCCOc2cccc(Br)c2)ccc1[N+](=O)[O-]. The predicted octanol–water partition coefficient (Wildman–Crippen LogP) is 3.25. The molecule has 2 aromatic carbocycles. The van der Waals surface area contributed by atoms with E-state index >= 15 is 0 Å². The molecule has 0 heterocycles. The number of nitro benzene ring substituents is 1. The molecular formula is C15H15BrN2O5S. The molecule has 24 heavy (non-hydrogen) atoms. The Morgan fingerprint density at radius 3 is 2.62 bits per heavy atom. The lowest BCUT2D eigenvalue weighted by atomic mass is 10.3. The summed E-state index contributed by atoms with van der Waals surface area (Å²) in [5.74, 6) is 0.701. The molecule has 0 radical (unpaired) electrons. The summed E-state index contributed by atoms with van der Waals surface area (Å²) in [6.45, 7) is 0.759. The highest BCUT2D eigenvalue weighted by Crippen LogP contribution is 2.27. The fourth-order valence-corrected chi connectivity index (χ4v) is 3.23. The third-order valence-corrected chi connectivity index (χ3v) is 4.67. The highest BCUT2D eigenvalue weighted by molar-refractivity contribution is 9.10. The molecule has 0 aromatic heterocycles. The molecule has 128 valence electrons. The maximum Gasteiger partial charge on any atom is 0.288 e. The first-order valence-electron chi connectivity index (χ1n) is 6.88. The number of nitrogens with one attached hydrogen (secondary N) is 1. The van der Waals surface area contributed by atoms with Gasteiger partial charge in [-0.1, -0.05) is 22.0 Å². The Hall–Kier alpha value is -2.13. The summed E-state index contributed by atoms with van der Waals surface area (Å²) >= 11 is 3.35. The van der Waals surface area contributed by atoms with Crippen LogP contribution in [0.2, 0.25) is 0 Å². The molecule has 0 unspecified atom stereocenters. The largest absolute Gasteiger partial charge is 0.492 e. The molecule has 0 atom stereocenters. The number of anilines is 1. The van der Waals surface area contributed by atoms with Gasteiger partial charge in [-0.05, 0) is 30.3 Å². The van der Waals surface area contributed by atoms with Crippen LogP contribution < -0.4 is 10.1 Å². The molecule has 0 spiro atoms. The predicted molar refractivity (Wildman–Crippen MR) is 94.3 cm³/mol. The van der Waals surface area contributed by atoms with Crippen LogP contribution in [0.3, 0.4) is 0 Å². The first-order chi connectivity index (χ1) is 11.3. The number of hydrogen-bond acceptors (Lipinski definition) is 6. The Kier molecular flexibility index (Phi) is 5.79. The van der Waals surface area contributed by atoms with Crippen molar-refractivity contribution in [2.45, 2.75) is 4.90 Å². The van der Waals surface area contributed by atoms with Crippen LogP contribution in [0, 0.1) is 10.1 Å². The Labute approximate surface area is 147 Å². The molecule has 0 bridgehead atoms. The molecule has 9 heteroatoms. The van der Waals surface area contributed by atoms with E-state index in [1.165, 1.54) is 18.2 Å². The number of benzene rings is 2. The fourth-order valence-electron chi connectivity index (χ4n) is 1.99. The van der Waals surface area contributed by atoms with Crippen LogP contribution in [0.25, 0.3) is 0 Å². The van der Waals surface area contributed by atoms with Gasteiger partial charge in [0.1, 0.15) is 17.3 Å². The van der Waals surface area contributed by atoms with Crippen molar-refractivity contribution in [1.29, 1.82) is 0 Å². The van der Waals surface area contributed by atoms with Gasteiger partial charge in [0, 0.05) is 29.0 Å². The normalized spacial score (nSPS) is 11.1. The van der Waals surface area contributed by atoms with E-state index in [1.54, 1.807) is 0 Å². The van der Waals surface area contributed by atoms with Crippen molar-refractivity contribution in [1.82, 2.24) is 0 Å². The highest BCUT2D eigenvalue weighted by atomic mass is 79.9. The van der Waals surface area contributed by atoms with Crippen molar-refractivity contribution in [3.8, 4) is 5.75 Å². The zero-order valence-electron chi connectivity index (χ0n) is 12.7. The van der Waals surface area contributed by atoms with Gasteiger partial charge < -0.3 is 10.1 Å². The lowest BCUT2D eigenvalue weighted by molar-refractivity contribution is -0.387. The molecule has 0 fully saturated rings. The number of nitrogens with zero attached hydrogens (tertiary/aromatic N) is 1. The van der Waals surface area contributed by atoms with Gasteiger partial charge in [0.15, 0.2) is 9.84 Å². The minimum Gasteiger partial charge on any atom is -0.492 e. The molecule has 0 saturated carbocycles. The van der Waals surface area contributed by atoms with E-state index in [0.717, 1.165) is 10.7 Å². The standard InChI is InChI=1S/C15H15BrN2O5S/c1-24(21,22)15-10-12(5-6-14(15)18(19)20)17-7-8-23-13-4-2-3-11(16)9-13/h2-6,9-10,17H,7-8H2,1H3. The fraction of sp³-hybridized carbons (Fsp3) is 0.200. The quantitative estimate of drug-likeness (QED) is 0.424. The molecule has 0 saturated heterocycles. The first kappa shape index (κ1) is 18.2. The Bertz CT molecular complexity index is 855. The van der Waals surface area contributed by atoms with Crippen molar-refractivity contribution in [3.05, 3.63) is 57.1 Å². The maximum atomic E-state index is 11.7. The van der Waals surface area contributed by atoms with Crippen LogP contribution in [-0.2, 0) is 9.84 Å². The van der Waals surface area contributed by atoms with Crippen molar-refractivity contribution in [2.75, 3.05) is 24.7 Å². The molecule has 2 aromatic rings. The van der Waals surface area contributed by atoms with Crippen LogP contribution in [0.4, 0.5) is 11.4 Å². The van der Waals surface area contributed by atoms with Crippen LogP contribution in [0.5, 0.6) is 5.75 Å². The van der Waals surface area contributed by atoms with Gasteiger partial charge in [-0.2, -0.15) is 0 Å². The molecule has 0 aliphatic carbocycles. The lowest BCUT2D eigenvalue weighted by Gasteiger charge is -2.10. The van der Waals surface area contributed by atoms with Gasteiger partial charge >= 0.3 is 0 Å². The molecule has 1 N–H and O–H groups in total. The van der Waals surface area contributed by atoms with E-state index in [2.05, 4.69) is 21.2 Å². The van der Waals surface area contributed by atoms with Gasteiger partial charge in [-0.25, -0.2) is 8.42 Å². The van der Waals surface area contributed by atoms with Gasteiger partial charge in [0.2, 0.25) is 0 Å². The summed E-state index contributed by atoms with van der Waals surface area (Å²) in [7, 11) is -3.70. The number of rotatable bonds is 7. The van der Waals surface area contributed by atoms with Crippen LogP contribution in [0.15, 0.2) is 51.8 Å². The average Bonchev–Trinajstić information content (AvgIpc) is 2.50. The van der Waals surface area contributed by atoms with Gasteiger partial charge in [0.05, 0.1) is 4.92 Å². The van der Waals surface area contributed by atoms with Crippen molar-refractivity contribution in [3.63, 3.8) is 0 Å². The number of nitro groups is 1. The van der Waals surface area contributed by atoms with Crippen LogP contribution in [-0.4, -0.2) is 32.7 Å². The molecule has 2 rings (SSSR count). The molecule has 0 aliphatic rings. The average molecular weight is 415 g/mol. The zero-order valence-corrected chi connectivity index (χ0v) is 15.1. The summed E-state index contributed by atoms with van der Waals surface area (Å²) in [6.07, 6.45) is 0.940. The second-order valence-electron chi connectivity index (χ2n) is 4.94. The second kappa shape index (κ2) is 7.63. The summed E-state index contributed by atoms with van der Waals surface area (Å²) < 4.78 is 29.8. The van der Waals surface area contributed by atoms with Crippen molar-refractivity contribution < 1.29 is 18.1 Å². The first-order valence-corrected chi connectivity index (χ1v) is 9.56. The zero-order chi connectivity index (χ0) is 17.7. The van der Waals surface area contributed by atoms with Gasteiger partial charge in [-0.15, -0.1) is 0 Å². The molecular weight excluding hydrogens is 400 g/mol. The monoisotopic (exact) mass is 414 g/mol. The van der Waals surface area contributed by atoms with E-state index in [1.807, 2.05) is 24.3 Å². The maximum absolute atomic E-state index is 11.7. The molecule has 0 amide bonds. The summed E-state index contributed by atoms with van der Waals surface area (Å²) in [5.41, 5.74) is 0.0345. The number of ether oxygens (including phenoxy) is 1. The van der Waals surface area contributed by atoms with E-state index in [-0.39, 0.29) is 4.90 Å². The van der Waals surface area contributed by atoms with Crippen LogP contribution in [0.1, 0.15) is 0 Å². The second-order valence-corrected chi connectivity index (χ2v) is 7.84. The van der Waals surface area contributed by atoms with E-state index in [0.29, 0.717) is 24.6 Å². The summed E-state index contributed by atoms with van der Waals surface area (Å²) in [5, 5.41) is 13.9. The highest BCUT2D eigenvalue weighted by Gasteiger charge is 2.22. The third kappa shape index (κ3) is 4.93. The van der Waals surface area contributed by atoms with Crippen LogP contribution >= 0.6 is 15.9 Å². The Morgan fingerprint density at radius 2 is 2.00 bits per heavy atom.